The molecule has 24 heavy (non-hydrogen) atoms. The molecular weight excluding hydrogens is 329 g/mol. The van der Waals surface area contributed by atoms with Gasteiger partial charge in [-0.3, -0.25) is 9.69 Å². The van der Waals surface area contributed by atoms with E-state index in [1.54, 1.807) is 0 Å². The van der Waals surface area contributed by atoms with E-state index in [2.05, 4.69) is 29.0 Å². The van der Waals surface area contributed by atoms with Crippen molar-refractivity contribution in [2.45, 2.75) is 26.9 Å². The summed E-state index contributed by atoms with van der Waals surface area (Å²) in [5.74, 6) is -1.27. The first-order valence-electron chi connectivity index (χ1n) is 7.93. The summed E-state index contributed by atoms with van der Waals surface area (Å²) in [6.45, 7) is 7.49. The van der Waals surface area contributed by atoms with Gasteiger partial charge >= 0.3 is 0 Å². The first-order valence-corrected chi connectivity index (χ1v) is 8.31. The Morgan fingerprint density at radius 3 is 2.38 bits per heavy atom. The van der Waals surface area contributed by atoms with Crippen LogP contribution in [-0.4, -0.2) is 28.9 Å². The zero-order chi connectivity index (χ0) is 17.5. The van der Waals surface area contributed by atoms with E-state index in [9.17, 15) is 9.18 Å². The number of amides is 1. The van der Waals surface area contributed by atoms with Crippen molar-refractivity contribution < 1.29 is 9.18 Å². The minimum absolute atomic E-state index is 0.0855. The Morgan fingerprint density at radius 1 is 1.12 bits per heavy atom. The van der Waals surface area contributed by atoms with Crippen molar-refractivity contribution in [2.24, 2.45) is 0 Å². The fourth-order valence-electron chi connectivity index (χ4n) is 2.31. The summed E-state index contributed by atoms with van der Waals surface area (Å²) in [4.78, 5) is 18.0. The van der Waals surface area contributed by atoms with Crippen molar-refractivity contribution in [3.05, 3.63) is 64.2 Å². The number of benzene rings is 1. The molecule has 1 heterocycles. The van der Waals surface area contributed by atoms with Crippen molar-refractivity contribution >= 4 is 17.5 Å². The van der Waals surface area contributed by atoms with Crippen LogP contribution in [0.5, 0.6) is 0 Å². The fourth-order valence-corrected chi connectivity index (χ4v) is 2.46. The van der Waals surface area contributed by atoms with Gasteiger partial charge in [0.05, 0.1) is 0 Å². The lowest BCUT2D eigenvalue weighted by Gasteiger charge is -2.18. The van der Waals surface area contributed by atoms with Gasteiger partial charge in [-0.1, -0.05) is 49.7 Å². The topological polar surface area (TPSA) is 45.2 Å². The molecular formula is C18H21ClFN3O. The molecule has 0 aliphatic carbocycles. The Morgan fingerprint density at radius 2 is 1.75 bits per heavy atom. The van der Waals surface area contributed by atoms with Gasteiger partial charge in [0.2, 0.25) is 0 Å². The molecule has 4 nitrogen and oxygen atoms in total. The molecule has 0 saturated heterocycles. The molecule has 1 amide bonds. The van der Waals surface area contributed by atoms with Crippen LogP contribution >= 0.6 is 11.6 Å². The van der Waals surface area contributed by atoms with E-state index < -0.39 is 11.7 Å². The fraction of sp³-hybridized carbons (Fsp3) is 0.333. The van der Waals surface area contributed by atoms with Crippen LogP contribution in [0.2, 0.25) is 5.15 Å². The van der Waals surface area contributed by atoms with Crippen LogP contribution in [0, 0.1) is 5.82 Å². The van der Waals surface area contributed by atoms with Crippen LogP contribution in [0.25, 0.3) is 0 Å². The molecule has 0 bridgehead atoms. The Hall–Kier alpha value is -1.98. The van der Waals surface area contributed by atoms with Crippen LogP contribution in [0.15, 0.2) is 36.4 Å². The van der Waals surface area contributed by atoms with Crippen LogP contribution in [0.4, 0.5) is 4.39 Å². The van der Waals surface area contributed by atoms with E-state index in [0.717, 1.165) is 31.3 Å². The van der Waals surface area contributed by atoms with Gasteiger partial charge in [0.15, 0.2) is 11.5 Å². The van der Waals surface area contributed by atoms with Gasteiger partial charge in [-0.05, 0) is 36.3 Å². The number of carbonyl (C=O) groups excluding carboxylic acids is 1. The quantitative estimate of drug-likeness (QED) is 0.776. The SMILES string of the molecule is CCN(CC)Cc1ccc(CNC(=O)c2nc(Cl)ccc2F)cc1. The lowest BCUT2D eigenvalue weighted by molar-refractivity contribution is 0.0941. The Bertz CT molecular complexity index is 687. The summed E-state index contributed by atoms with van der Waals surface area (Å²) >= 11 is 5.70. The maximum Gasteiger partial charge on any atom is 0.273 e. The second-order valence-electron chi connectivity index (χ2n) is 5.42. The molecule has 0 aliphatic heterocycles. The smallest absolute Gasteiger partial charge is 0.273 e. The van der Waals surface area contributed by atoms with Crippen molar-refractivity contribution in [3.8, 4) is 0 Å². The molecule has 128 valence electrons. The number of halogens is 2. The molecule has 0 fully saturated rings. The molecule has 0 unspecified atom stereocenters. The maximum atomic E-state index is 13.6. The van der Waals surface area contributed by atoms with Crippen LogP contribution in [0.1, 0.15) is 35.5 Å². The average Bonchev–Trinajstić information content (AvgIpc) is 2.60. The van der Waals surface area contributed by atoms with Crippen molar-refractivity contribution in [3.63, 3.8) is 0 Å². The Balaban J connectivity index is 1.94. The lowest BCUT2D eigenvalue weighted by Crippen LogP contribution is -2.25. The predicted octanol–water partition coefficient (Wildman–Crippen LogP) is 3.65. The van der Waals surface area contributed by atoms with Crippen molar-refractivity contribution in [2.75, 3.05) is 13.1 Å². The molecule has 0 atom stereocenters. The summed E-state index contributed by atoms with van der Waals surface area (Å²) in [7, 11) is 0. The first-order chi connectivity index (χ1) is 11.5. The number of hydrogen-bond donors (Lipinski definition) is 1. The molecule has 0 saturated carbocycles. The lowest BCUT2D eigenvalue weighted by atomic mass is 10.1. The third-order valence-corrected chi connectivity index (χ3v) is 4.01. The molecule has 6 heteroatoms. The second kappa shape index (κ2) is 8.76. The average molecular weight is 350 g/mol. The summed E-state index contributed by atoms with van der Waals surface area (Å²) < 4.78 is 13.6. The van der Waals surface area contributed by atoms with Crippen molar-refractivity contribution in [1.29, 1.82) is 0 Å². The minimum atomic E-state index is -0.688. The summed E-state index contributed by atoms with van der Waals surface area (Å²) in [5, 5.41) is 2.74. The highest BCUT2D eigenvalue weighted by Crippen LogP contribution is 2.11. The third-order valence-electron chi connectivity index (χ3n) is 3.80. The standard InChI is InChI=1S/C18H21ClFN3O/c1-3-23(4-2)12-14-7-5-13(6-8-14)11-21-18(24)17-15(20)9-10-16(19)22-17/h5-10H,3-4,11-12H2,1-2H3,(H,21,24). The van der Waals surface area contributed by atoms with Gasteiger partial charge in [0, 0.05) is 13.1 Å². The molecule has 2 aromatic rings. The highest BCUT2D eigenvalue weighted by molar-refractivity contribution is 6.29. The molecule has 1 aromatic carbocycles. The monoisotopic (exact) mass is 349 g/mol. The molecule has 1 N–H and O–H groups in total. The second-order valence-corrected chi connectivity index (χ2v) is 5.81. The Kier molecular flexibility index (Phi) is 6.70. The number of hydrogen-bond acceptors (Lipinski definition) is 3. The van der Waals surface area contributed by atoms with E-state index >= 15 is 0 Å². The van der Waals surface area contributed by atoms with Crippen LogP contribution in [-0.2, 0) is 13.1 Å². The number of aromatic nitrogens is 1. The number of nitrogens with one attached hydrogen (secondary N) is 1. The molecule has 1 aromatic heterocycles. The van der Waals surface area contributed by atoms with Gasteiger partial charge in [-0.15, -0.1) is 0 Å². The Labute approximate surface area is 146 Å². The third kappa shape index (κ3) is 5.01. The van der Waals surface area contributed by atoms with E-state index in [-0.39, 0.29) is 10.8 Å². The maximum absolute atomic E-state index is 13.6. The number of rotatable bonds is 7. The van der Waals surface area contributed by atoms with Crippen LogP contribution < -0.4 is 5.32 Å². The van der Waals surface area contributed by atoms with Crippen LogP contribution in [0.3, 0.4) is 0 Å². The van der Waals surface area contributed by atoms with E-state index in [1.807, 2.05) is 24.3 Å². The summed E-state index contributed by atoms with van der Waals surface area (Å²) in [6, 6.07) is 10.4. The van der Waals surface area contributed by atoms with E-state index in [0.29, 0.717) is 6.54 Å². The summed E-state index contributed by atoms with van der Waals surface area (Å²) in [5.41, 5.74) is 1.87. The number of carbonyl (C=O) groups is 1. The van der Waals surface area contributed by atoms with Gasteiger partial charge in [0.1, 0.15) is 5.15 Å². The van der Waals surface area contributed by atoms with Gasteiger partial charge in [0.25, 0.3) is 5.91 Å². The number of pyridine rings is 1. The molecule has 0 radical (unpaired) electrons. The minimum Gasteiger partial charge on any atom is -0.347 e. The van der Waals surface area contributed by atoms with E-state index in [1.165, 1.54) is 11.6 Å². The summed E-state index contributed by atoms with van der Waals surface area (Å²) in [6.07, 6.45) is 0. The predicted molar refractivity (Wildman–Crippen MR) is 93.4 cm³/mol. The van der Waals surface area contributed by atoms with Gasteiger partial charge < -0.3 is 5.32 Å². The zero-order valence-electron chi connectivity index (χ0n) is 13.9. The normalized spacial score (nSPS) is 10.9. The number of nitrogens with zero attached hydrogens (tertiary/aromatic N) is 2. The zero-order valence-corrected chi connectivity index (χ0v) is 14.6. The molecule has 0 aliphatic rings. The molecule has 2 rings (SSSR count). The largest absolute Gasteiger partial charge is 0.347 e. The van der Waals surface area contributed by atoms with E-state index in [4.69, 9.17) is 11.6 Å². The molecule has 0 spiro atoms. The first kappa shape index (κ1) is 18.4. The highest BCUT2D eigenvalue weighted by Gasteiger charge is 2.13. The van der Waals surface area contributed by atoms with Gasteiger partial charge in [-0.2, -0.15) is 0 Å². The van der Waals surface area contributed by atoms with Crippen molar-refractivity contribution in [1.82, 2.24) is 15.2 Å². The highest BCUT2D eigenvalue weighted by atomic mass is 35.5. The van der Waals surface area contributed by atoms with Gasteiger partial charge in [-0.25, -0.2) is 9.37 Å².